The van der Waals surface area contributed by atoms with Crippen LogP contribution in [0.15, 0.2) is 194 Å². The molecule has 13 rings (SSSR count). The summed E-state index contributed by atoms with van der Waals surface area (Å²) >= 11 is 0. The molecule has 0 aliphatic heterocycles. The van der Waals surface area contributed by atoms with Gasteiger partial charge in [0.2, 0.25) is 0 Å². The van der Waals surface area contributed by atoms with E-state index in [1.807, 2.05) is 0 Å². The summed E-state index contributed by atoms with van der Waals surface area (Å²) in [5, 5.41) is 20.4. The number of aromatic nitrogens is 2. The zero-order valence-corrected chi connectivity index (χ0v) is 30.4. The zero-order chi connectivity index (χ0) is 36.5. The lowest BCUT2D eigenvalue weighted by Gasteiger charge is -2.17. The maximum atomic E-state index is 2.53. The van der Waals surface area contributed by atoms with E-state index in [0.717, 1.165) is 0 Å². The molecular formula is C54H32N2. The molecule has 11 aromatic carbocycles. The normalized spacial score (nSPS) is 12.3. The molecule has 0 fully saturated rings. The average Bonchev–Trinajstić information content (AvgIpc) is 3.77. The van der Waals surface area contributed by atoms with Crippen molar-refractivity contribution in [2.75, 3.05) is 0 Å². The number of benzene rings is 11. The summed E-state index contributed by atoms with van der Waals surface area (Å²) < 4.78 is 5.06. The summed E-state index contributed by atoms with van der Waals surface area (Å²) in [5.74, 6) is 0. The Morgan fingerprint density at radius 2 is 0.482 bits per heavy atom. The van der Waals surface area contributed by atoms with Crippen molar-refractivity contribution in [2.24, 2.45) is 0 Å². The molecule has 0 bridgehead atoms. The van der Waals surface area contributed by atoms with Crippen LogP contribution in [0.25, 0.3) is 120 Å². The molecule has 0 unspecified atom stereocenters. The van der Waals surface area contributed by atoms with Gasteiger partial charge in [-0.05, 0) is 90.3 Å². The average molecular weight is 709 g/mol. The molecule has 0 atom stereocenters. The first-order valence-corrected chi connectivity index (χ1v) is 19.4. The first kappa shape index (κ1) is 30.0. The van der Waals surface area contributed by atoms with Crippen LogP contribution >= 0.6 is 0 Å². The minimum Gasteiger partial charge on any atom is -0.309 e. The van der Waals surface area contributed by atoms with Gasteiger partial charge in [0.1, 0.15) is 0 Å². The van der Waals surface area contributed by atoms with Crippen molar-refractivity contribution >= 4 is 108 Å². The Labute approximate surface area is 321 Å². The van der Waals surface area contributed by atoms with Crippen molar-refractivity contribution in [2.45, 2.75) is 0 Å². The first-order valence-electron chi connectivity index (χ1n) is 19.4. The minimum atomic E-state index is 1.19. The largest absolute Gasteiger partial charge is 0.309 e. The van der Waals surface area contributed by atoms with Gasteiger partial charge in [0.25, 0.3) is 0 Å². The van der Waals surface area contributed by atoms with Crippen molar-refractivity contribution < 1.29 is 0 Å². The number of nitrogens with zero attached hydrogens (tertiary/aromatic N) is 2. The second-order valence-electron chi connectivity index (χ2n) is 15.2. The molecule has 0 aliphatic rings. The van der Waals surface area contributed by atoms with E-state index in [4.69, 9.17) is 0 Å². The van der Waals surface area contributed by atoms with E-state index in [9.17, 15) is 0 Å². The van der Waals surface area contributed by atoms with Gasteiger partial charge in [-0.15, -0.1) is 0 Å². The lowest BCUT2D eigenvalue weighted by atomic mass is 9.93. The minimum absolute atomic E-state index is 1.19. The quantitative estimate of drug-likeness (QED) is 0.158. The van der Waals surface area contributed by atoms with Crippen LogP contribution in [0.1, 0.15) is 0 Å². The van der Waals surface area contributed by atoms with Gasteiger partial charge >= 0.3 is 0 Å². The van der Waals surface area contributed by atoms with Crippen LogP contribution in [0, 0.1) is 0 Å². The number of fused-ring (bicyclic) bond motifs is 18. The monoisotopic (exact) mass is 708 g/mol. The molecule has 0 N–H and O–H groups in total. The van der Waals surface area contributed by atoms with Crippen LogP contribution in [-0.4, -0.2) is 9.13 Å². The Morgan fingerprint density at radius 3 is 0.857 bits per heavy atom. The summed E-state index contributed by atoms with van der Waals surface area (Å²) in [7, 11) is 0. The number of rotatable bonds is 2. The Bertz CT molecular complexity index is 3480. The van der Waals surface area contributed by atoms with Gasteiger partial charge in [-0.3, -0.25) is 0 Å². The molecule has 2 aromatic heterocycles. The summed E-state index contributed by atoms with van der Waals surface area (Å²) in [6.07, 6.45) is 0. The molecule has 2 nitrogen and oxygen atoms in total. The Balaban J connectivity index is 1.22. The molecule has 0 saturated heterocycles. The summed E-state index contributed by atoms with van der Waals surface area (Å²) in [5.41, 5.74) is 7.20. The fraction of sp³-hybridized carbons (Fsp3) is 0. The third kappa shape index (κ3) is 3.85. The van der Waals surface area contributed by atoms with E-state index in [0.29, 0.717) is 0 Å². The van der Waals surface area contributed by atoms with Crippen molar-refractivity contribution in [3.8, 4) is 11.4 Å². The molecule has 0 aliphatic carbocycles. The SMILES string of the molecule is c1ccc2c(c1)c1ccccc1c1c(-n3c4ccccc4c4cc5c6ccccc6n(-c6cccc7c8ccccc8c8ccccc8c67)c5cc43)cccc21. The molecule has 0 radical (unpaired) electrons. The van der Waals surface area contributed by atoms with Gasteiger partial charge in [-0.1, -0.05) is 158 Å². The van der Waals surface area contributed by atoms with Crippen LogP contribution in [0.2, 0.25) is 0 Å². The topological polar surface area (TPSA) is 9.86 Å². The molecule has 0 amide bonds. The fourth-order valence-electron chi connectivity index (χ4n) is 10.2. The van der Waals surface area contributed by atoms with Gasteiger partial charge in [0.15, 0.2) is 0 Å². The third-order valence-corrected chi connectivity index (χ3v) is 12.4. The highest BCUT2D eigenvalue weighted by molar-refractivity contribution is 6.30. The molecule has 0 saturated carbocycles. The fourth-order valence-corrected chi connectivity index (χ4v) is 10.2. The Kier molecular flexibility index (Phi) is 5.92. The predicted molar refractivity (Wildman–Crippen MR) is 240 cm³/mol. The van der Waals surface area contributed by atoms with Crippen LogP contribution in [-0.2, 0) is 0 Å². The van der Waals surface area contributed by atoms with Gasteiger partial charge < -0.3 is 9.13 Å². The molecule has 2 heteroatoms. The maximum Gasteiger partial charge on any atom is 0.0562 e. The van der Waals surface area contributed by atoms with Crippen molar-refractivity contribution in [1.82, 2.24) is 9.13 Å². The molecule has 2 heterocycles. The van der Waals surface area contributed by atoms with Crippen LogP contribution < -0.4 is 0 Å². The van der Waals surface area contributed by atoms with Crippen LogP contribution in [0.5, 0.6) is 0 Å². The van der Waals surface area contributed by atoms with E-state index in [1.165, 1.54) is 120 Å². The second-order valence-corrected chi connectivity index (χ2v) is 15.2. The standard InChI is InChI=1S/C54H32N2/c1-3-17-37-33(15-1)35-19-5-7-23-41(35)53-43(37)25-13-29-49(53)55-47-27-11-9-21-39(47)45-31-46-40-22-10-12-28-48(40)56(52(46)32-51(45)55)50-30-14-26-44-38-18-4-2-16-34(38)36-20-6-8-24-42(36)54(44)50/h1-32H. The summed E-state index contributed by atoms with van der Waals surface area (Å²) in [6.45, 7) is 0. The molecular weight excluding hydrogens is 677 g/mol. The van der Waals surface area contributed by atoms with Crippen LogP contribution in [0.3, 0.4) is 0 Å². The predicted octanol–water partition coefficient (Wildman–Crippen LogP) is 14.8. The highest BCUT2D eigenvalue weighted by atomic mass is 15.0. The summed E-state index contributed by atoms with van der Waals surface area (Å²) in [4.78, 5) is 0. The highest BCUT2D eigenvalue weighted by Crippen LogP contribution is 2.45. The second kappa shape index (κ2) is 11.1. The first-order chi connectivity index (χ1) is 27.8. The highest BCUT2D eigenvalue weighted by Gasteiger charge is 2.22. The van der Waals surface area contributed by atoms with Crippen LogP contribution in [0.4, 0.5) is 0 Å². The van der Waals surface area contributed by atoms with Crippen molar-refractivity contribution in [1.29, 1.82) is 0 Å². The zero-order valence-electron chi connectivity index (χ0n) is 30.4. The lowest BCUT2D eigenvalue weighted by molar-refractivity contribution is 1.18. The van der Waals surface area contributed by atoms with E-state index >= 15 is 0 Å². The van der Waals surface area contributed by atoms with E-state index in [1.54, 1.807) is 0 Å². The number of hydrogen-bond acceptors (Lipinski definition) is 0. The van der Waals surface area contributed by atoms with E-state index in [-0.39, 0.29) is 0 Å². The molecule has 13 aromatic rings. The number of hydrogen-bond donors (Lipinski definition) is 0. The van der Waals surface area contributed by atoms with Crippen molar-refractivity contribution in [3.63, 3.8) is 0 Å². The van der Waals surface area contributed by atoms with Gasteiger partial charge in [-0.25, -0.2) is 0 Å². The van der Waals surface area contributed by atoms with Gasteiger partial charge in [-0.2, -0.15) is 0 Å². The maximum absolute atomic E-state index is 2.53. The number of para-hydroxylation sites is 2. The smallest absolute Gasteiger partial charge is 0.0562 e. The van der Waals surface area contributed by atoms with E-state index in [2.05, 4.69) is 203 Å². The Morgan fingerprint density at radius 1 is 0.196 bits per heavy atom. The molecule has 56 heavy (non-hydrogen) atoms. The summed E-state index contributed by atoms with van der Waals surface area (Å²) in [6, 6.07) is 72.1. The van der Waals surface area contributed by atoms with E-state index < -0.39 is 0 Å². The Hall–Kier alpha value is -7.42. The van der Waals surface area contributed by atoms with Gasteiger partial charge in [0, 0.05) is 32.3 Å². The van der Waals surface area contributed by atoms with Gasteiger partial charge in [0.05, 0.1) is 33.4 Å². The molecule has 258 valence electrons. The molecule has 0 spiro atoms. The third-order valence-electron chi connectivity index (χ3n) is 12.4. The van der Waals surface area contributed by atoms with Crippen molar-refractivity contribution in [3.05, 3.63) is 194 Å². The lowest BCUT2D eigenvalue weighted by Crippen LogP contribution is -1.98.